The van der Waals surface area contributed by atoms with E-state index in [-0.39, 0.29) is 6.09 Å². The predicted octanol–water partition coefficient (Wildman–Crippen LogP) is 3.77. The van der Waals surface area contributed by atoms with Gasteiger partial charge in [0.1, 0.15) is 5.75 Å². The Morgan fingerprint density at radius 2 is 1.79 bits per heavy atom. The van der Waals surface area contributed by atoms with E-state index in [0.29, 0.717) is 31.0 Å². The molecule has 0 aliphatic carbocycles. The Labute approximate surface area is 189 Å². The van der Waals surface area contributed by atoms with Crippen LogP contribution in [-0.4, -0.2) is 63.6 Å². The number of ether oxygens (including phenoxy) is 1. The van der Waals surface area contributed by atoms with E-state index in [1.54, 1.807) is 35.5 Å². The molecule has 3 heterocycles. The second-order valence-corrected chi connectivity index (χ2v) is 7.88. The largest absolute Gasteiger partial charge is 0.417 e. The van der Waals surface area contributed by atoms with Gasteiger partial charge in [-0.05, 0) is 29.8 Å². The first-order chi connectivity index (χ1) is 15.9. The number of hydrogen-bond acceptors (Lipinski definition) is 5. The number of alkyl halides is 3. The van der Waals surface area contributed by atoms with Gasteiger partial charge in [-0.2, -0.15) is 13.2 Å². The number of pyridine rings is 1. The highest BCUT2D eigenvalue weighted by atomic mass is 19.4. The van der Waals surface area contributed by atoms with Crippen molar-refractivity contribution in [2.24, 2.45) is 0 Å². The molecule has 0 atom stereocenters. The monoisotopic (exact) mass is 459 g/mol. The van der Waals surface area contributed by atoms with Gasteiger partial charge in [0, 0.05) is 69.3 Å². The summed E-state index contributed by atoms with van der Waals surface area (Å²) < 4.78 is 43.4. The van der Waals surface area contributed by atoms with Gasteiger partial charge in [-0.3, -0.25) is 9.88 Å². The number of carbonyl (C=O) groups is 1. The Balaban J connectivity index is 1.23. The second-order valence-electron chi connectivity index (χ2n) is 7.88. The Bertz CT molecular complexity index is 1030. The number of H-pyrrole nitrogens is 1. The summed E-state index contributed by atoms with van der Waals surface area (Å²) in [7, 11) is 0. The Hall–Kier alpha value is -3.40. The second kappa shape index (κ2) is 10.0. The quantitative estimate of drug-likeness (QED) is 0.608. The van der Waals surface area contributed by atoms with Gasteiger partial charge in [-0.25, -0.2) is 9.78 Å². The van der Waals surface area contributed by atoms with E-state index in [9.17, 15) is 18.0 Å². The van der Waals surface area contributed by atoms with E-state index in [1.807, 2.05) is 6.20 Å². The lowest BCUT2D eigenvalue weighted by Gasteiger charge is -2.33. The van der Waals surface area contributed by atoms with Crippen LogP contribution in [0.5, 0.6) is 5.75 Å². The number of aromatic nitrogens is 3. The Morgan fingerprint density at radius 3 is 2.39 bits per heavy atom. The molecular weight excluding hydrogens is 435 g/mol. The molecular formula is C23H24F3N5O2. The zero-order valence-electron chi connectivity index (χ0n) is 17.9. The van der Waals surface area contributed by atoms with Crippen molar-refractivity contribution in [1.82, 2.24) is 24.8 Å². The Morgan fingerprint density at radius 1 is 1.03 bits per heavy atom. The summed E-state index contributed by atoms with van der Waals surface area (Å²) in [5, 5.41) is 0. The lowest BCUT2D eigenvalue weighted by atomic mass is 10.1. The zero-order chi connectivity index (χ0) is 23.3. The fraction of sp³-hybridized carbons (Fsp3) is 0.348. The minimum atomic E-state index is -4.40. The minimum Gasteiger partial charge on any atom is -0.410 e. The molecule has 1 amide bonds. The number of imidazole rings is 1. The summed E-state index contributed by atoms with van der Waals surface area (Å²) in [6.07, 6.45) is 0.804. The molecule has 1 aliphatic rings. The third-order valence-electron chi connectivity index (χ3n) is 5.55. The van der Waals surface area contributed by atoms with E-state index >= 15 is 0 Å². The number of carbonyl (C=O) groups excluding carboxylic acids is 1. The van der Waals surface area contributed by atoms with Crippen LogP contribution < -0.4 is 4.74 Å². The van der Waals surface area contributed by atoms with Crippen molar-refractivity contribution in [2.75, 3.05) is 32.7 Å². The van der Waals surface area contributed by atoms with Gasteiger partial charge < -0.3 is 14.6 Å². The topological polar surface area (TPSA) is 74.3 Å². The van der Waals surface area contributed by atoms with Gasteiger partial charge in [0.25, 0.3) is 0 Å². The average molecular weight is 459 g/mol. The standard InChI is InChI=1S/C23H24F3N5O2/c24-23(25,26)18-3-4-19(28-14-18)13-17-1-5-21(6-2-17)33-22(32)31-11-9-30(10-12-31)8-7-20-15-27-16-29-20/h1-6,14-16H,7-13H2,(H,27,29). The number of rotatable bonds is 6. The summed E-state index contributed by atoms with van der Waals surface area (Å²) >= 11 is 0. The van der Waals surface area contributed by atoms with E-state index in [0.717, 1.165) is 49.6 Å². The van der Waals surface area contributed by atoms with E-state index in [2.05, 4.69) is 19.9 Å². The number of hydrogen-bond donors (Lipinski definition) is 1. The molecule has 0 saturated carbocycles. The molecule has 1 N–H and O–H groups in total. The van der Waals surface area contributed by atoms with E-state index in [4.69, 9.17) is 4.74 Å². The maximum absolute atomic E-state index is 12.6. The summed E-state index contributed by atoms with van der Waals surface area (Å²) in [4.78, 5) is 27.5. The fourth-order valence-corrected chi connectivity index (χ4v) is 3.60. The third-order valence-corrected chi connectivity index (χ3v) is 5.55. The normalized spacial score (nSPS) is 14.9. The number of halogens is 3. The van der Waals surface area contributed by atoms with Crippen molar-refractivity contribution in [3.63, 3.8) is 0 Å². The number of nitrogens with one attached hydrogen (secondary N) is 1. The van der Waals surface area contributed by atoms with Crippen LogP contribution in [0.15, 0.2) is 55.1 Å². The van der Waals surface area contributed by atoms with Crippen LogP contribution in [-0.2, 0) is 19.0 Å². The van der Waals surface area contributed by atoms with Crippen LogP contribution in [0.2, 0.25) is 0 Å². The molecule has 174 valence electrons. The molecule has 4 rings (SSSR count). The molecule has 2 aromatic heterocycles. The van der Waals surface area contributed by atoms with Crippen LogP contribution in [0, 0.1) is 0 Å². The number of piperazine rings is 1. The minimum absolute atomic E-state index is 0.382. The number of benzene rings is 1. The maximum atomic E-state index is 12.6. The summed E-state index contributed by atoms with van der Waals surface area (Å²) in [6, 6.07) is 9.29. The molecule has 1 fully saturated rings. The van der Waals surface area contributed by atoms with Crippen molar-refractivity contribution < 1.29 is 22.7 Å². The molecule has 1 aromatic carbocycles. The summed E-state index contributed by atoms with van der Waals surface area (Å²) in [6.45, 7) is 3.66. The van der Waals surface area contributed by atoms with E-state index < -0.39 is 11.7 Å². The van der Waals surface area contributed by atoms with Crippen molar-refractivity contribution in [3.05, 3.63) is 77.6 Å². The van der Waals surface area contributed by atoms with Crippen LogP contribution in [0.1, 0.15) is 22.5 Å². The maximum Gasteiger partial charge on any atom is 0.417 e. The Kier molecular flexibility index (Phi) is 6.93. The van der Waals surface area contributed by atoms with Gasteiger partial charge in [0.05, 0.1) is 11.9 Å². The van der Waals surface area contributed by atoms with Crippen LogP contribution in [0.3, 0.4) is 0 Å². The highest BCUT2D eigenvalue weighted by Gasteiger charge is 2.30. The molecule has 1 aliphatic heterocycles. The predicted molar refractivity (Wildman–Crippen MR) is 115 cm³/mol. The van der Waals surface area contributed by atoms with Crippen molar-refractivity contribution >= 4 is 6.09 Å². The summed E-state index contributed by atoms with van der Waals surface area (Å²) in [5.41, 5.74) is 1.70. The molecule has 10 heteroatoms. The summed E-state index contributed by atoms with van der Waals surface area (Å²) in [5.74, 6) is 0.422. The zero-order valence-corrected chi connectivity index (χ0v) is 17.9. The molecule has 1 saturated heterocycles. The molecule has 33 heavy (non-hydrogen) atoms. The van der Waals surface area contributed by atoms with Crippen LogP contribution in [0.4, 0.5) is 18.0 Å². The SMILES string of the molecule is O=C(Oc1ccc(Cc2ccc(C(F)(F)F)cn2)cc1)N1CCN(CCc2cnc[nH]2)CC1. The number of aromatic amines is 1. The van der Waals surface area contributed by atoms with Gasteiger partial charge in [-0.1, -0.05) is 12.1 Å². The van der Waals surface area contributed by atoms with Crippen molar-refractivity contribution in [1.29, 1.82) is 0 Å². The van der Waals surface area contributed by atoms with Gasteiger partial charge >= 0.3 is 12.3 Å². The highest BCUT2D eigenvalue weighted by molar-refractivity contribution is 5.70. The smallest absolute Gasteiger partial charge is 0.410 e. The van der Waals surface area contributed by atoms with E-state index in [1.165, 1.54) is 6.07 Å². The lowest BCUT2D eigenvalue weighted by Crippen LogP contribution is -2.49. The molecule has 0 unspecified atom stereocenters. The third kappa shape index (κ3) is 6.32. The molecule has 0 bridgehead atoms. The molecule has 0 spiro atoms. The van der Waals surface area contributed by atoms with Crippen LogP contribution in [0.25, 0.3) is 0 Å². The van der Waals surface area contributed by atoms with Crippen LogP contribution >= 0.6 is 0 Å². The van der Waals surface area contributed by atoms with Crippen molar-refractivity contribution in [2.45, 2.75) is 19.0 Å². The molecule has 0 radical (unpaired) electrons. The highest BCUT2D eigenvalue weighted by Crippen LogP contribution is 2.28. The lowest BCUT2D eigenvalue weighted by molar-refractivity contribution is -0.137. The number of nitrogens with zero attached hydrogens (tertiary/aromatic N) is 4. The first-order valence-electron chi connectivity index (χ1n) is 10.6. The van der Waals surface area contributed by atoms with Gasteiger partial charge in [-0.15, -0.1) is 0 Å². The van der Waals surface area contributed by atoms with Crippen molar-refractivity contribution in [3.8, 4) is 5.75 Å². The first kappa shape index (κ1) is 22.8. The average Bonchev–Trinajstić information content (AvgIpc) is 3.33. The number of amides is 1. The first-order valence-corrected chi connectivity index (χ1v) is 10.6. The fourth-order valence-electron chi connectivity index (χ4n) is 3.60. The molecule has 3 aromatic rings. The van der Waals surface area contributed by atoms with Gasteiger partial charge in [0.2, 0.25) is 0 Å². The van der Waals surface area contributed by atoms with Gasteiger partial charge in [0.15, 0.2) is 0 Å². The molecule has 7 nitrogen and oxygen atoms in total.